The number of aryl methyl sites for hydroxylation is 1. The van der Waals surface area contributed by atoms with Crippen molar-refractivity contribution in [1.29, 1.82) is 0 Å². The number of rotatable bonds is 2. The summed E-state index contributed by atoms with van der Waals surface area (Å²) in [5.74, 6) is -1.89. The summed E-state index contributed by atoms with van der Waals surface area (Å²) in [5, 5.41) is 9.98. The fraction of sp³-hybridized carbons (Fsp3) is 0.143. The molecule has 1 N–H and O–H groups in total. The third kappa shape index (κ3) is 2.19. The van der Waals surface area contributed by atoms with Gasteiger partial charge in [-0.05, 0) is 18.1 Å². The van der Waals surface area contributed by atoms with Gasteiger partial charge in [0.25, 0.3) is 0 Å². The molecule has 1 atom stereocenters. The van der Waals surface area contributed by atoms with Crippen molar-refractivity contribution in [2.45, 2.75) is 13.0 Å². The first-order valence-corrected chi connectivity index (χ1v) is 5.28. The molecule has 0 amide bonds. The van der Waals surface area contributed by atoms with Crippen LogP contribution in [-0.4, -0.2) is 5.11 Å². The molecule has 0 saturated carbocycles. The van der Waals surface area contributed by atoms with E-state index in [9.17, 15) is 13.9 Å². The summed E-state index contributed by atoms with van der Waals surface area (Å²) in [6.07, 6.45) is -1.15. The van der Waals surface area contributed by atoms with Gasteiger partial charge in [-0.25, -0.2) is 8.78 Å². The molecule has 0 aliphatic rings. The lowest BCUT2D eigenvalue weighted by molar-refractivity contribution is 0.213. The SMILES string of the molecule is Cc1ccc(C(O)c2ccccc2)c(F)c1F. The minimum absolute atomic E-state index is 0.0423. The molecule has 0 bridgehead atoms. The van der Waals surface area contributed by atoms with E-state index < -0.39 is 17.7 Å². The first-order valence-electron chi connectivity index (χ1n) is 5.28. The third-order valence-electron chi connectivity index (χ3n) is 2.72. The molecular formula is C14H12F2O. The van der Waals surface area contributed by atoms with Crippen LogP contribution in [0.4, 0.5) is 8.78 Å². The van der Waals surface area contributed by atoms with Gasteiger partial charge in [-0.1, -0.05) is 42.5 Å². The normalized spacial score (nSPS) is 12.5. The minimum Gasteiger partial charge on any atom is -0.384 e. The zero-order chi connectivity index (χ0) is 12.4. The second kappa shape index (κ2) is 4.63. The number of hydrogen-bond acceptors (Lipinski definition) is 1. The smallest absolute Gasteiger partial charge is 0.165 e. The third-order valence-corrected chi connectivity index (χ3v) is 2.72. The van der Waals surface area contributed by atoms with Gasteiger partial charge in [-0.3, -0.25) is 0 Å². The molecule has 0 heterocycles. The van der Waals surface area contributed by atoms with E-state index in [1.54, 1.807) is 30.3 Å². The zero-order valence-electron chi connectivity index (χ0n) is 9.32. The van der Waals surface area contributed by atoms with Gasteiger partial charge < -0.3 is 5.11 Å². The molecule has 17 heavy (non-hydrogen) atoms. The van der Waals surface area contributed by atoms with E-state index in [-0.39, 0.29) is 11.1 Å². The molecule has 1 nitrogen and oxygen atoms in total. The molecule has 0 aliphatic heterocycles. The van der Waals surface area contributed by atoms with Crippen molar-refractivity contribution >= 4 is 0 Å². The van der Waals surface area contributed by atoms with E-state index in [4.69, 9.17) is 0 Å². The Hall–Kier alpha value is -1.74. The van der Waals surface area contributed by atoms with Crippen molar-refractivity contribution < 1.29 is 13.9 Å². The molecule has 1 unspecified atom stereocenters. The average Bonchev–Trinajstić information content (AvgIpc) is 2.36. The lowest BCUT2D eigenvalue weighted by atomic mass is 10.00. The summed E-state index contributed by atoms with van der Waals surface area (Å²) in [7, 11) is 0. The van der Waals surface area contributed by atoms with Gasteiger partial charge in [0.1, 0.15) is 6.10 Å². The van der Waals surface area contributed by atoms with E-state index in [1.807, 2.05) is 0 Å². The highest BCUT2D eigenvalue weighted by atomic mass is 19.2. The fourth-order valence-electron chi connectivity index (χ4n) is 1.69. The standard InChI is InChI=1S/C14H12F2O/c1-9-7-8-11(13(16)12(9)15)14(17)10-5-3-2-4-6-10/h2-8,14,17H,1H3. The van der Waals surface area contributed by atoms with Crippen LogP contribution in [0.3, 0.4) is 0 Å². The maximum atomic E-state index is 13.7. The maximum Gasteiger partial charge on any atom is 0.165 e. The molecule has 0 aliphatic carbocycles. The molecule has 0 spiro atoms. The number of halogens is 2. The van der Waals surface area contributed by atoms with Crippen LogP contribution in [0.15, 0.2) is 42.5 Å². The summed E-state index contributed by atoms with van der Waals surface area (Å²) in [6.45, 7) is 1.48. The van der Waals surface area contributed by atoms with Crippen molar-refractivity contribution in [3.8, 4) is 0 Å². The van der Waals surface area contributed by atoms with E-state index in [1.165, 1.54) is 19.1 Å². The van der Waals surface area contributed by atoms with Crippen molar-refractivity contribution in [2.75, 3.05) is 0 Å². The molecule has 3 heteroatoms. The van der Waals surface area contributed by atoms with Crippen LogP contribution >= 0.6 is 0 Å². The fourth-order valence-corrected chi connectivity index (χ4v) is 1.69. The van der Waals surface area contributed by atoms with Crippen LogP contribution in [0.25, 0.3) is 0 Å². The summed E-state index contributed by atoms with van der Waals surface area (Å²) in [6, 6.07) is 11.5. The van der Waals surface area contributed by atoms with Gasteiger partial charge in [0.05, 0.1) is 0 Å². The van der Waals surface area contributed by atoms with Gasteiger partial charge >= 0.3 is 0 Å². The maximum absolute atomic E-state index is 13.7. The van der Waals surface area contributed by atoms with Crippen molar-refractivity contribution in [3.63, 3.8) is 0 Å². The van der Waals surface area contributed by atoms with E-state index in [0.29, 0.717) is 5.56 Å². The van der Waals surface area contributed by atoms with Crippen molar-refractivity contribution in [3.05, 3.63) is 70.8 Å². The molecule has 0 radical (unpaired) electrons. The highest BCUT2D eigenvalue weighted by molar-refractivity contribution is 5.33. The summed E-state index contributed by atoms with van der Waals surface area (Å²) < 4.78 is 27.0. The number of aliphatic hydroxyl groups excluding tert-OH is 1. The Kier molecular flexibility index (Phi) is 3.20. The molecule has 0 aromatic heterocycles. The van der Waals surface area contributed by atoms with Gasteiger partial charge in [-0.15, -0.1) is 0 Å². The number of benzene rings is 2. The summed E-state index contributed by atoms with van der Waals surface area (Å²) >= 11 is 0. The van der Waals surface area contributed by atoms with Crippen LogP contribution in [0.1, 0.15) is 22.8 Å². The molecule has 2 aromatic carbocycles. The molecule has 88 valence electrons. The molecule has 2 rings (SSSR count). The van der Waals surface area contributed by atoms with Gasteiger partial charge in [0, 0.05) is 5.56 Å². The Morgan fingerprint density at radius 3 is 2.24 bits per heavy atom. The van der Waals surface area contributed by atoms with Gasteiger partial charge in [0.2, 0.25) is 0 Å². The highest BCUT2D eigenvalue weighted by Crippen LogP contribution is 2.26. The van der Waals surface area contributed by atoms with Crippen LogP contribution in [0.5, 0.6) is 0 Å². The minimum atomic E-state index is -1.15. The predicted octanol–water partition coefficient (Wildman–Crippen LogP) is 3.35. The lowest BCUT2D eigenvalue weighted by Gasteiger charge is -2.13. The first-order chi connectivity index (χ1) is 8.11. The van der Waals surface area contributed by atoms with E-state index >= 15 is 0 Å². The molecule has 0 saturated heterocycles. The summed E-state index contributed by atoms with van der Waals surface area (Å²) in [4.78, 5) is 0. The summed E-state index contributed by atoms with van der Waals surface area (Å²) in [5.41, 5.74) is 0.723. The zero-order valence-corrected chi connectivity index (χ0v) is 9.32. The van der Waals surface area contributed by atoms with Gasteiger partial charge in [-0.2, -0.15) is 0 Å². The van der Waals surface area contributed by atoms with Crippen molar-refractivity contribution in [1.82, 2.24) is 0 Å². The Labute approximate surface area is 98.3 Å². The molecular weight excluding hydrogens is 222 g/mol. The largest absolute Gasteiger partial charge is 0.384 e. The predicted molar refractivity (Wildman–Crippen MR) is 61.6 cm³/mol. The Bertz CT molecular complexity index is 523. The molecule has 2 aromatic rings. The van der Waals surface area contributed by atoms with E-state index in [2.05, 4.69) is 0 Å². The number of hydrogen-bond donors (Lipinski definition) is 1. The second-order valence-electron chi connectivity index (χ2n) is 3.91. The number of aliphatic hydroxyl groups is 1. The van der Waals surface area contributed by atoms with Gasteiger partial charge in [0.15, 0.2) is 11.6 Å². The van der Waals surface area contributed by atoms with Crippen LogP contribution in [0.2, 0.25) is 0 Å². The highest BCUT2D eigenvalue weighted by Gasteiger charge is 2.18. The van der Waals surface area contributed by atoms with Crippen molar-refractivity contribution in [2.24, 2.45) is 0 Å². The Morgan fingerprint density at radius 2 is 1.59 bits per heavy atom. The van der Waals surface area contributed by atoms with E-state index in [0.717, 1.165) is 0 Å². The van der Waals surface area contributed by atoms with Crippen LogP contribution in [-0.2, 0) is 0 Å². The quantitative estimate of drug-likeness (QED) is 0.844. The second-order valence-corrected chi connectivity index (χ2v) is 3.91. The lowest BCUT2D eigenvalue weighted by Crippen LogP contribution is -2.05. The Balaban J connectivity index is 2.45. The monoisotopic (exact) mass is 234 g/mol. The Morgan fingerprint density at radius 1 is 0.941 bits per heavy atom. The van der Waals surface area contributed by atoms with Crippen LogP contribution < -0.4 is 0 Å². The molecule has 0 fully saturated rings. The average molecular weight is 234 g/mol. The van der Waals surface area contributed by atoms with Crippen LogP contribution in [0, 0.1) is 18.6 Å². The topological polar surface area (TPSA) is 20.2 Å². The first kappa shape index (κ1) is 11.7.